The molecule has 0 bridgehead atoms. The van der Waals surface area contributed by atoms with Gasteiger partial charge in [-0.15, -0.1) is 0 Å². The summed E-state index contributed by atoms with van der Waals surface area (Å²) in [6.45, 7) is 8.38. The van der Waals surface area contributed by atoms with Crippen LogP contribution < -0.4 is 5.32 Å². The van der Waals surface area contributed by atoms with Gasteiger partial charge in [-0.25, -0.2) is 0 Å². The molecular formula is C10H24N2O. The van der Waals surface area contributed by atoms with Gasteiger partial charge in [0.25, 0.3) is 0 Å². The Morgan fingerprint density at radius 3 is 2.38 bits per heavy atom. The summed E-state index contributed by atoms with van der Waals surface area (Å²) in [5, 5.41) is 3.29. The number of rotatable bonds is 6. The van der Waals surface area contributed by atoms with Gasteiger partial charge in [0.2, 0.25) is 0 Å². The highest BCUT2D eigenvalue weighted by Gasteiger charge is 2.19. The number of hydrogen-bond donors (Lipinski definition) is 1. The zero-order valence-corrected chi connectivity index (χ0v) is 9.85. The second-order valence-electron chi connectivity index (χ2n) is 4.35. The SMILES string of the molecule is CNC(C)(C)CN(C)C(C)COC. The molecule has 1 N–H and O–H groups in total. The number of methoxy groups -OCH3 is 1. The number of nitrogens with one attached hydrogen (secondary N) is 1. The normalized spacial score (nSPS) is 15.0. The Hall–Kier alpha value is -0.120. The molecule has 13 heavy (non-hydrogen) atoms. The zero-order valence-electron chi connectivity index (χ0n) is 9.85. The Morgan fingerprint density at radius 1 is 1.46 bits per heavy atom. The van der Waals surface area contributed by atoms with Crippen LogP contribution in [0.15, 0.2) is 0 Å². The number of likely N-dealkylation sites (N-methyl/N-ethyl adjacent to an activating group) is 2. The molecule has 0 spiro atoms. The molecule has 0 saturated carbocycles. The number of ether oxygens (including phenoxy) is 1. The predicted octanol–water partition coefficient (Wildman–Crippen LogP) is 0.951. The van der Waals surface area contributed by atoms with Gasteiger partial charge in [0.1, 0.15) is 0 Å². The Balaban J connectivity index is 3.91. The van der Waals surface area contributed by atoms with Crippen LogP contribution in [0.2, 0.25) is 0 Å². The van der Waals surface area contributed by atoms with E-state index in [0.29, 0.717) is 6.04 Å². The number of nitrogens with zero attached hydrogens (tertiary/aromatic N) is 1. The quantitative estimate of drug-likeness (QED) is 0.671. The van der Waals surface area contributed by atoms with E-state index in [2.05, 4.69) is 38.0 Å². The molecule has 0 amide bonds. The average Bonchev–Trinajstić information content (AvgIpc) is 2.04. The van der Waals surface area contributed by atoms with E-state index in [9.17, 15) is 0 Å². The van der Waals surface area contributed by atoms with E-state index in [0.717, 1.165) is 13.2 Å². The Labute approximate surface area is 82.4 Å². The van der Waals surface area contributed by atoms with Gasteiger partial charge in [0, 0.05) is 25.2 Å². The maximum atomic E-state index is 5.11. The Bertz CT molecular complexity index is 137. The molecule has 0 aliphatic rings. The molecule has 0 aliphatic carbocycles. The monoisotopic (exact) mass is 188 g/mol. The van der Waals surface area contributed by atoms with Crippen molar-refractivity contribution in [1.29, 1.82) is 0 Å². The van der Waals surface area contributed by atoms with Crippen LogP contribution in [-0.2, 0) is 4.74 Å². The highest BCUT2D eigenvalue weighted by molar-refractivity contribution is 4.80. The van der Waals surface area contributed by atoms with Crippen LogP contribution in [0.4, 0.5) is 0 Å². The first kappa shape index (κ1) is 12.9. The smallest absolute Gasteiger partial charge is 0.0615 e. The van der Waals surface area contributed by atoms with Crippen LogP contribution >= 0.6 is 0 Å². The van der Waals surface area contributed by atoms with Gasteiger partial charge in [-0.2, -0.15) is 0 Å². The third kappa shape index (κ3) is 5.24. The van der Waals surface area contributed by atoms with E-state index < -0.39 is 0 Å². The second kappa shape index (κ2) is 5.58. The molecule has 0 rings (SSSR count). The predicted molar refractivity (Wildman–Crippen MR) is 57.1 cm³/mol. The molecular weight excluding hydrogens is 164 g/mol. The fourth-order valence-electron chi connectivity index (χ4n) is 1.23. The van der Waals surface area contributed by atoms with Crippen molar-refractivity contribution in [1.82, 2.24) is 10.2 Å². The lowest BCUT2D eigenvalue weighted by Crippen LogP contribution is -2.49. The summed E-state index contributed by atoms with van der Waals surface area (Å²) in [4.78, 5) is 2.31. The lowest BCUT2D eigenvalue weighted by molar-refractivity contribution is 0.100. The van der Waals surface area contributed by atoms with E-state index >= 15 is 0 Å². The zero-order chi connectivity index (χ0) is 10.5. The van der Waals surface area contributed by atoms with Crippen molar-refractivity contribution >= 4 is 0 Å². The van der Waals surface area contributed by atoms with Gasteiger partial charge in [-0.3, -0.25) is 4.90 Å². The van der Waals surface area contributed by atoms with Crippen molar-refractivity contribution in [2.75, 3.05) is 34.4 Å². The minimum absolute atomic E-state index is 0.163. The summed E-state index contributed by atoms with van der Waals surface area (Å²) in [5.41, 5.74) is 0.163. The highest BCUT2D eigenvalue weighted by atomic mass is 16.5. The molecule has 0 aliphatic heterocycles. The van der Waals surface area contributed by atoms with Crippen molar-refractivity contribution in [3.8, 4) is 0 Å². The van der Waals surface area contributed by atoms with Crippen LogP contribution in [0.25, 0.3) is 0 Å². The summed E-state index contributed by atoms with van der Waals surface area (Å²) in [7, 11) is 5.87. The summed E-state index contributed by atoms with van der Waals surface area (Å²) < 4.78 is 5.11. The van der Waals surface area contributed by atoms with E-state index in [-0.39, 0.29) is 5.54 Å². The second-order valence-corrected chi connectivity index (χ2v) is 4.35. The molecule has 3 heteroatoms. The van der Waals surface area contributed by atoms with Gasteiger partial charge >= 0.3 is 0 Å². The summed E-state index contributed by atoms with van der Waals surface area (Å²) in [6.07, 6.45) is 0. The molecule has 0 radical (unpaired) electrons. The molecule has 1 atom stereocenters. The third-order valence-electron chi connectivity index (χ3n) is 2.48. The average molecular weight is 188 g/mol. The van der Waals surface area contributed by atoms with Crippen molar-refractivity contribution < 1.29 is 4.74 Å². The van der Waals surface area contributed by atoms with Gasteiger partial charge in [-0.1, -0.05) is 0 Å². The molecule has 1 unspecified atom stereocenters. The highest BCUT2D eigenvalue weighted by Crippen LogP contribution is 2.06. The van der Waals surface area contributed by atoms with Crippen molar-refractivity contribution in [3.05, 3.63) is 0 Å². The molecule has 0 saturated heterocycles. The molecule has 0 aromatic heterocycles. The van der Waals surface area contributed by atoms with Crippen molar-refractivity contribution in [3.63, 3.8) is 0 Å². The van der Waals surface area contributed by atoms with Crippen molar-refractivity contribution in [2.45, 2.75) is 32.4 Å². The first-order chi connectivity index (χ1) is 5.93. The largest absolute Gasteiger partial charge is 0.383 e. The molecule has 0 heterocycles. The van der Waals surface area contributed by atoms with E-state index in [1.54, 1.807) is 7.11 Å². The standard InChI is InChI=1S/C10H24N2O/c1-9(7-13-6)12(5)8-10(2,3)11-4/h9,11H,7-8H2,1-6H3. The number of hydrogen-bond acceptors (Lipinski definition) is 3. The van der Waals surface area contributed by atoms with Gasteiger partial charge in [-0.05, 0) is 34.9 Å². The fraction of sp³-hybridized carbons (Fsp3) is 1.00. The van der Waals surface area contributed by atoms with Gasteiger partial charge in [0.15, 0.2) is 0 Å². The topological polar surface area (TPSA) is 24.5 Å². The van der Waals surface area contributed by atoms with Gasteiger partial charge in [0.05, 0.1) is 6.61 Å². The van der Waals surface area contributed by atoms with Gasteiger partial charge < -0.3 is 10.1 Å². The summed E-state index contributed by atoms with van der Waals surface area (Å²) in [6, 6.07) is 0.470. The van der Waals surface area contributed by atoms with E-state index in [4.69, 9.17) is 4.74 Å². The minimum atomic E-state index is 0.163. The lowest BCUT2D eigenvalue weighted by atomic mass is 10.1. The lowest BCUT2D eigenvalue weighted by Gasteiger charge is -2.33. The minimum Gasteiger partial charge on any atom is -0.383 e. The summed E-state index contributed by atoms with van der Waals surface area (Å²) in [5.74, 6) is 0. The molecule has 80 valence electrons. The molecule has 0 aromatic carbocycles. The molecule has 3 nitrogen and oxygen atoms in total. The van der Waals surface area contributed by atoms with Crippen LogP contribution in [0, 0.1) is 0 Å². The van der Waals surface area contributed by atoms with Crippen LogP contribution in [0.3, 0.4) is 0 Å². The van der Waals surface area contributed by atoms with Crippen LogP contribution in [-0.4, -0.2) is 50.8 Å². The fourth-order valence-corrected chi connectivity index (χ4v) is 1.23. The van der Waals surface area contributed by atoms with E-state index in [1.165, 1.54) is 0 Å². The Kier molecular flexibility index (Phi) is 5.53. The first-order valence-electron chi connectivity index (χ1n) is 4.81. The Morgan fingerprint density at radius 2 is 2.00 bits per heavy atom. The van der Waals surface area contributed by atoms with Crippen LogP contribution in [0.1, 0.15) is 20.8 Å². The van der Waals surface area contributed by atoms with Crippen LogP contribution in [0.5, 0.6) is 0 Å². The molecule has 0 fully saturated rings. The summed E-state index contributed by atoms with van der Waals surface area (Å²) >= 11 is 0. The maximum Gasteiger partial charge on any atom is 0.0615 e. The molecule has 0 aromatic rings. The van der Waals surface area contributed by atoms with Crippen molar-refractivity contribution in [2.24, 2.45) is 0 Å². The first-order valence-corrected chi connectivity index (χ1v) is 4.81. The van der Waals surface area contributed by atoms with E-state index in [1.807, 2.05) is 7.05 Å². The maximum absolute atomic E-state index is 5.11. The third-order valence-corrected chi connectivity index (χ3v) is 2.48.